The van der Waals surface area contributed by atoms with E-state index < -0.39 is 0 Å². The number of nitrogens with one attached hydrogen (secondary N) is 1. The number of nitrogens with zero attached hydrogens (tertiary/aromatic N) is 2. The standard InChI is InChI=1S/C24H29N3OS/c1-18(13-14-19-8-3-2-4-9-19)25-23(28)17-27-15-7-10-20(16-27)24-26-21-11-5-6-12-22(21)29-24/h2-6,8-9,11-12,18,20H,7,10,13-17H2,1H3,(H,25,28)/t18-,20+/m1/s1. The van der Waals surface area contributed by atoms with Crippen LogP contribution < -0.4 is 5.32 Å². The zero-order chi connectivity index (χ0) is 20.1. The van der Waals surface area contributed by atoms with Crippen LogP contribution in [-0.2, 0) is 11.2 Å². The van der Waals surface area contributed by atoms with Gasteiger partial charge in [0.25, 0.3) is 0 Å². The lowest BCUT2D eigenvalue weighted by atomic mass is 9.98. The molecule has 29 heavy (non-hydrogen) atoms. The summed E-state index contributed by atoms with van der Waals surface area (Å²) >= 11 is 1.80. The lowest BCUT2D eigenvalue weighted by Gasteiger charge is -2.31. The Hall–Kier alpha value is -2.24. The highest BCUT2D eigenvalue weighted by Crippen LogP contribution is 2.32. The summed E-state index contributed by atoms with van der Waals surface area (Å²) in [6.45, 7) is 4.50. The maximum atomic E-state index is 12.6. The Balaban J connectivity index is 1.26. The van der Waals surface area contributed by atoms with Gasteiger partial charge in [-0.1, -0.05) is 42.5 Å². The highest BCUT2D eigenvalue weighted by atomic mass is 32.1. The molecule has 1 fully saturated rings. The first-order chi connectivity index (χ1) is 14.2. The molecule has 0 unspecified atom stereocenters. The van der Waals surface area contributed by atoms with E-state index in [0.717, 1.165) is 44.3 Å². The number of aryl methyl sites for hydroxylation is 1. The first-order valence-electron chi connectivity index (χ1n) is 10.6. The van der Waals surface area contributed by atoms with Gasteiger partial charge in [-0.2, -0.15) is 0 Å². The van der Waals surface area contributed by atoms with Gasteiger partial charge in [-0.3, -0.25) is 9.69 Å². The van der Waals surface area contributed by atoms with Gasteiger partial charge in [0.1, 0.15) is 0 Å². The number of para-hydroxylation sites is 1. The molecule has 5 heteroatoms. The Bertz CT molecular complexity index is 906. The van der Waals surface area contributed by atoms with Crippen LogP contribution >= 0.6 is 11.3 Å². The number of hydrogen-bond acceptors (Lipinski definition) is 4. The lowest BCUT2D eigenvalue weighted by Crippen LogP contribution is -2.44. The Labute approximate surface area is 177 Å². The molecule has 3 aromatic rings. The number of benzene rings is 2. The lowest BCUT2D eigenvalue weighted by molar-refractivity contribution is -0.123. The average molecular weight is 408 g/mol. The van der Waals surface area contributed by atoms with Gasteiger partial charge in [-0.05, 0) is 56.8 Å². The predicted octanol–water partition coefficient (Wildman–Crippen LogP) is 4.61. The van der Waals surface area contributed by atoms with Crippen molar-refractivity contribution >= 4 is 27.5 Å². The van der Waals surface area contributed by atoms with Crippen molar-refractivity contribution in [2.24, 2.45) is 0 Å². The maximum Gasteiger partial charge on any atom is 0.234 e. The van der Waals surface area contributed by atoms with Crippen LogP contribution in [0.2, 0.25) is 0 Å². The number of carbonyl (C=O) groups excluding carboxylic acids is 1. The van der Waals surface area contributed by atoms with E-state index in [1.807, 2.05) is 12.1 Å². The van der Waals surface area contributed by atoms with Crippen molar-refractivity contribution in [1.29, 1.82) is 0 Å². The molecule has 0 aliphatic carbocycles. The topological polar surface area (TPSA) is 45.2 Å². The van der Waals surface area contributed by atoms with E-state index in [4.69, 9.17) is 4.98 Å². The maximum absolute atomic E-state index is 12.6. The molecule has 152 valence electrons. The van der Waals surface area contributed by atoms with Crippen LogP contribution in [0.3, 0.4) is 0 Å². The highest BCUT2D eigenvalue weighted by Gasteiger charge is 2.25. The van der Waals surface area contributed by atoms with E-state index in [1.165, 1.54) is 15.3 Å². The molecule has 1 aromatic heterocycles. The molecule has 0 radical (unpaired) electrons. The largest absolute Gasteiger partial charge is 0.353 e. The molecule has 1 aliphatic rings. The number of fused-ring (bicyclic) bond motifs is 1. The van der Waals surface area contributed by atoms with Crippen LogP contribution in [0.15, 0.2) is 54.6 Å². The van der Waals surface area contributed by atoms with Gasteiger partial charge in [0.15, 0.2) is 0 Å². The molecular weight excluding hydrogens is 378 g/mol. The summed E-state index contributed by atoms with van der Waals surface area (Å²) in [4.78, 5) is 19.7. The smallest absolute Gasteiger partial charge is 0.234 e. The van der Waals surface area contributed by atoms with E-state index in [-0.39, 0.29) is 11.9 Å². The van der Waals surface area contributed by atoms with Gasteiger partial charge in [0, 0.05) is 18.5 Å². The minimum Gasteiger partial charge on any atom is -0.353 e. The first kappa shape index (κ1) is 20.0. The SMILES string of the molecule is C[C@H](CCc1ccccc1)NC(=O)CN1CCC[C@H](c2nc3ccccc3s2)C1. The third kappa shape index (κ3) is 5.43. The molecule has 2 atom stereocenters. The average Bonchev–Trinajstić information content (AvgIpc) is 3.17. The number of piperidine rings is 1. The molecule has 4 nitrogen and oxygen atoms in total. The predicted molar refractivity (Wildman–Crippen MR) is 120 cm³/mol. The van der Waals surface area contributed by atoms with E-state index in [0.29, 0.717) is 12.5 Å². The quantitative estimate of drug-likeness (QED) is 0.622. The fraction of sp³-hybridized carbons (Fsp3) is 0.417. The fourth-order valence-electron chi connectivity index (χ4n) is 4.09. The first-order valence-corrected chi connectivity index (χ1v) is 11.4. The van der Waals surface area contributed by atoms with Gasteiger partial charge >= 0.3 is 0 Å². The van der Waals surface area contributed by atoms with Crippen molar-refractivity contribution in [3.05, 3.63) is 65.2 Å². The summed E-state index contributed by atoms with van der Waals surface area (Å²) in [6.07, 6.45) is 4.23. The summed E-state index contributed by atoms with van der Waals surface area (Å²) in [7, 11) is 0. The fourth-order valence-corrected chi connectivity index (χ4v) is 5.18. The van der Waals surface area contributed by atoms with Crippen LogP contribution in [0.1, 0.15) is 42.7 Å². The Morgan fingerprint density at radius 1 is 1.21 bits per heavy atom. The summed E-state index contributed by atoms with van der Waals surface area (Å²) < 4.78 is 1.25. The second-order valence-corrected chi connectivity index (χ2v) is 9.15. The summed E-state index contributed by atoms with van der Waals surface area (Å²) in [6, 6.07) is 19.0. The highest BCUT2D eigenvalue weighted by molar-refractivity contribution is 7.18. The van der Waals surface area contributed by atoms with E-state index in [9.17, 15) is 4.79 Å². The molecule has 1 N–H and O–H groups in total. The van der Waals surface area contributed by atoms with E-state index in [2.05, 4.69) is 59.6 Å². The zero-order valence-electron chi connectivity index (χ0n) is 17.0. The molecule has 2 heterocycles. The Morgan fingerprint density at radius 3 is 2.83 bits per heavy atom. The third-order valence-electron chi connectivity index (χ3n) is 5.65. The number of carbonyl (C=O) groups is 1. The van der Waals surface area contributed by atoms with Gasteiger partial charge in [-0.25, -0.2) is 4.98 Å². The number of amides is 1. The van der Waals surface area contributed by atoms with Crippen molar-refractivity contribution in [2.75, 3.05) is 19.6 Å². The van der Waals surface area contributed by atoms with Crippen molar-refractivity contribution in [3.8, 4) is 0 Å². The molecule has 0 spiro atoms. The summed E-state index contributed by atoms with van der Waals surface area (Å²) in [5.41, 5.74) is 2.41. The van der Waals surface area contributed by atoms with Crippen LogP contribution in [0.25, 0.3) is 10.2 Å². The van der Waals surface area contributed by atoms with Gasteiger partial charge < -0.3 is 5.32 Å². The number of likely N-dealkylation sites (tertiary alicyclic amines) is 1. The van der Waals surface area contributed by atoms with Gasteiger partial charge in [-0.15, -0.1) is 11.3 Å². The molecule has 1 aliphatic heterocycles. The molecule has 1 saturated heterocycles. The van der Waals surface area contributed by atoms with Crippen LogP contribution in [0.5, 0.6) is 0 Å². The third-order valence-corrected chi connectivity index (χ3v) is 6.85. The number of rotatable bonds is 7. The minimum absolute atomic E-state index is 0.135. The molecule has 2 aromatic carbocycles. The normalized spacial score (nSPS) is 18.6. The molecular formula is C24H29N3OS. The van der Waals surface area contributed by atoms with E-state index >= 15 is 0 Å². The second-order valence-electron chi connectivity index (χ2n) is 8.09. The monoisotopic (exact) mass is 407 g/mol. The number of aromatic nitrogens is 1. The summed E-state index contributed by atoms with van der Waals surface area (Å²) in [5.74, 6) is 0.569. The zero-order valence-corrected chi connectivity index (χ0v) is 17.8. The van der Waals surface area contributed by atoms with Gasteiger partial charge in [0.2, 0.25) is 5.91 Å². The number of thiazole rings is 1. The van der Waals surface area contributed by atoms with Crippen LogP contribution in [-0.4, -0.2) is 41.5 Å². The van der Waals surface area contributed by atoms with Crippen molar-refractivity contribution < 1.29 is 4.79 Å². The molecule has 4 rings (SSSR count). The molecule has 0 bridgehead atoms. The van der Waals surface area contributed by atoms with Crippen molar-refractivity contribution in [1.82, 2.24) is 15.2 Å². The Morgan fingerprint density at radius 2 is 2.00 bits per heavy atom. The van der Waals surface area contributed by atoms with Crippen LogP contribution in [0.4, 0.5) is 0 Å². The summed E-state index contributed by atoms with van der Waals surface area (Å²) in [5, 5.41) is 4.40. The van der Waals surface area contributed by atoms with E-state index in [1.54, 1.807) is 11.3 Å². The van der Waals surface area contributed by atoms with Gasteiger partial charge in [0.05, 0.1) is 21.8 Å². The molecule has 1 amide bonds. The molecule has 0 saturated carbocycles. The minimum atomic E-state index is 0.135. The number of hydrogen-bond donors (Lipinski definition) is 1. The van der Waals surface area contributed by atoms with Crippen molar-refractivity contribution in [2.45, 2.75) is 44.6 Å². The second kappa shape index (κ2) is 9.51. The van der Waals surface area contributed by atoms with Crippen molar-refractivity contribution in [3.63, 3.8) is 0 Å². The van der Waals surface area contributed by atoms with Crippen LogP contribution in [0, 0.1) is 0 Å². The Kier molecular flexibility index (Phi) is 6.57.